The van der Waals surface area contributed by atoms with Gasteiger partial charge in [0, 0.05) is 37.8 Å². The van der Waals surface area contributed by atoms with Crippen LogP contribution in [0.1, 0.15) is 31.0 Å². The molecule has 5 nitrogen and oxygen atoms in total. The van der Waals surface area contributed by atoms with Crippen LogP contribution in [0.2, 0.25) is 0 Å². The first kappa shape index (κ1) is 10.9. The molecule has 0 radical (unpaired) electrons. The van der Waals surface area contributed by atoms with Gasteiger partial charge in [-0.1, -0.05) is 6.92 Å². The molecule has 0 fully saturated rings. The minimum atomic E-state index is -0.118. The lowest BCUT2D eigenvalue weighted by Gasteiger charge is -2.10. The Morgan fingerprint density at radius 3 is 3.00 bits per heavy atom. The second-order valence-corrected chi connectivity index (χ2v) is 3.82. The summed E-state index contributed by atoms with van der Waals surface area (Å²) in [5.74, 6) is 1.83. The van der Waals surface area contributed by atoms with Crippen molar-refractivity contribution < 1.29 is 0 Å². The number of nitrogens with two attached hydrogens (primary N) is 1. The van der Waals surface area contributed by atoms with Crippen molar-refractivity contribution in [3.63, 3.8) is 0 Å². The Morgan fingerprint density at radius 1 is 1.44 bits per heavy atom. The van der Waals surface area contributed by atoms with E-state index in [0.717, 1.165) is 24.6 Å². The number of rotatable bonds is 5. The molecule has 5 heteroatoms. The van der Waals surface area contributed by atoms with Gasteiger partial charge in [-0.05, 0) is 6.42 Å². The fourth-order valence-corrected chi connectivity index (χ4v) is 1.75. The van der Waals surface area contributed by atoms with E-state index in [1.54, 1.807) is 12.4 Å². The fraction of sp³-hybridized carbons (Fsp3) is 0.455. The van der Waals surface area contributed by atoms with Crippen LogP contribution < -0.4 is 5.73 Å². The molecule has 0 aliphatic carbocycles. The Hall–Kier alpha value is -1.62. The number of aryl methyl sites for hydroxylation is 1. The number of H-pyrrole nitrogens is 1. The van der Waals surface area contributed by atoms with E-state index in [2.05, 4.69) is 26.4 Å². The van der Waals surface area contributed by atoms with E-state index in [4.69, 9.17) is 5.73 Å². The maximum absolute atomic E-state index is 6.05. The number of hydrogen-bond acceptors (Lipinski definition) is 3. The van der Waals surface area contributed by atoms with Crippen LogP contribution in [-0.4, -0.2) is 19.5 Å². The molecule has 2 heterocycles. The number of nitrogens with zero attached hydrogens (tertiary/aromatic N) is 3. The van der Waals surface area contributed by atoms with E-state index in [9.17, 15) is 0 Å². The first-order valence-corrected chi connectivity index (χ1v) is 5.56. The summed E-state index contributed by atoms with van der Waals surface area (Å²) in [6.45, 7) is 3.14. The van der Waals surface area contributed by atoms with E-state index in [0.29, 0.717) is 6.42 Å². The molecule has 1 atom stereocenters. The van der Waals surface area contributed by atoms with Gasteiger partial charge in [-0.25, -0.2) is 9.97 Å². The standard InChI is InChI=1S/C11H17N5/c1-2-6-16-7-5-13-10(16)8-9(12)11-14-3-4-15-11/h3-5,7,9H,2,6,8,12H2,1H3,(H,14,15). The van der Waals surface area contributed by atoms with Crippen molar-refractivity contribution in [2.45, 2.75) is 32.4 Å². The quantitative estimate of drug-likeness (QED) is 0.795. The van der Waals surface area contributed by atoms with Crippen LogP contribution in [0, 0.1) is 0 Å². The predicted octanol–water partition coefficient (Wildman–Crippen LogP) is 1.26. The molecule has 1 unspecified atom stereocenters. The van der Waals surface area contributed by atoms with Crippen molar-refractivity contribution in [3.8, 4) is 0 Å². The summed E-state index contributed by atoms with van der Waals surface area (Å²) in [4.78, 5) is 11.5. The highest BCUT2D eigenvalue weighted by atomic mass is 15.1. The van der Waals surface area contributed by atoms with Gasteiger partial charge in [0.2, 0.25) is 0 Å². The Morgan fingerprint density at radius 2 is 2.31 bits per heavy atom. The lowest BCUT2D eigenvalue weighted by molar-refractivity contribution is 0.586. The van der Waals surface area contributed by atoms with Crippen molar-refractivity contribution in [2.24, 2.45) is 5.73 Å². The summed E-state index contributed by atoms with van der Waals surface area (Å²) in [6, 6.07) is -0.118. The van der Waals surface area contributed by atoms with E-state index in [-0.39, 0.29) is 6.04 Å². The van der Waals surface area contributed by atoms with Gasteiger partial charge in [-0.15, -0.1) is 0 Å². The second kappa shape index (κ2) is 4.94. The van der Waals surface area contributed by atoms with Crippen molar-refractivity contribution in [1.82, 2.24) is 19.5 Å². The Bertz CT molecular complexity index is 417. The Labute approximate surface area is 94.7 Å². The third-order valence-electron chi connectivity index (χ3n) is 2.54. The number of hydrogen-bond donors (Lipinski definition) is 2. The Balaban J connectivity index is 2.06. The van der Waals surface area contributed by atoms with Crippen LogP contribution in [0.15, 0.2) is 24.8 Å². The first-order valence-electron chi connectivity index (χ1n) is 5.56. The number of imidazole rings is 2. The van der Waals surface area contributed by atoms with E-state index in [1.165, 1.54) is 0 Å². The van der Waals surface area contributed by atoms with Gasteiger partial charge in [0.15, 0.2) is 0 Å². The van der Waals surface area contributed by atoms with Crippen LogP contribution in [0.25, 0.3) is 0 Å². The Kier molecular flexibility index (Phi) is 3.36. The highest BCUT2D eigenvalue weighted by molar-refractivity contribution is 5.02. The third kappa shape index (κ3) is 2.30. The molecule has 0 aromatic carbocycles. The second-order valence-electron chi connectivity index (χ2n) is 3.82. The molecule has 0 saturated heterocycles. The maximum atomic E-state index is 6.05. The van der Waals surface area contributed by atoms with Crippen LogP contribution >= 0.6 is 0 Å². The number of nitrogens with one attached hydrogen (secondary N) is 1. The summed E-state index contributed by atoms with van der Waals surface area (Å²) in [7, 11) is 0. The zero-order valence-corrected chi connectivity index (χ0v) is 9.43. The smallest absolute Gasteiger partial charge is 0.123 e. The molecule has 86 valence electrons. The minimum absolute atomic E-state index is 0.118. The molecule has 0 aliphatic rings. The molecule has 16 heavy (non-hydrogen) atoms. The largest absolute Gasteiger partial charge is 0.347 e. The molecule has 0 bridgehead atoms. The molecule has 2 aromatic rings. The molecule has 0 spiro atoms. The van der Waals surface area contributed by atoms with Crippen LogP contribution in [0.5, 0.6) is 0 Å². The summed E-state index contributed by atoms with van der Waals surface area (Å²) in [5, 5.41) is 0. The zero-order valence-electron chi connectivity index (χ0n) is 9.43. The van der Waals surface area contributed by atoms with Gasteiger partial charge in [-0.2, -0.15) is 0 Å². The first-order chi connectivity index (χ1) is 7.81. The number of aromatic nitrogens is 4. The van der Waals surface area contributed by atoms with Crippen molar-refractivity contribution in [1.29, 1.82) is 0 Å². The monoisotopic (exact) mass is 219 g/mol. The highest BCUT2D eigenvalue weighted by Crippen LogP contribution is 2.11. The van der Waals surface area contributed by atoms with Crippen molar-refractivity contribution in [3.05, 3.63) is 36.4 Å². The van der Waals surface area contributed by atoms with Gasteiger partial charge in [-0.3, -0.25) is 0 Å². The normalized spacial score (nSPS) is 12.9. The van der Waals surface area contributed by atoms with Gasteiger partial charge in [0.05, 0.1) is 6.04 Å². The summed E-state index contributed by atoms with van der Waals surface area (Å²) in [6.07, 6.45) is 9.12. The van der Waals surface area contributed by atoms with Gasteiger partial charge in [0.25, 0.3) is 0 Å². The summed E-state index contributed by atoms with van der Waals surface area (Å²) >= 11 is 0. The summed E-state index contributed by atoms with van der Waals surface area (Å²) < 4.78 is 2.14. The predicted molar refractivity (Wildman–Crippen MR) is 61.7 cm³/mol. The van der Waals surface area contributed by atoms with Gasteiger partial charge in [0.1, 0.15) is 11.6 Å². The van der Waals surface area contributed by atoms with E-state index < -0.39 is 0 Å². The van der Waals surface area contributed by atoms with Gasteiger partial charge < -0.3 is 15.3 Å². The van der Waals surface area contributed by atoms with Crippen molar-refractivity contribution >= 4 is 0 Å². The molecular weight excluding hydrogens is 202 g/mol. The van der Waals surface area contributed by atoms with Crippen LogP contribution in [-0.2, 0) is 13.0 Å². The summed E-state index contributed by atoms with van der Waals surface area (Å²) in [5.41, 5.74) is 6.05. The molecule has 0 saturated carbocycles. The zero-order chi connectivity index (χ0) is 11.4. The molecule has 0 amide bonds. The average molecular weight is 219 g/mol. The maximum Gasteiger partial charge on any atom is 0.123 e. The highest BCUT2D eigenvalue weighted by Gasteiger charge is 2.12. The molecular formula is C11H17N5. The number of aromatic amines is 1. The van der Waals surface area contributed by atoms with Gasteiger partial charge >= 0.3 is 0 Å². The van der Waals surface area contributed by atoms with Crippen LogP contribution in [0.4, 0.5) is 0 Å². The van der Waals surface area contributed by atoms with E-state index in [1.807, 2.05) is 12.4 Å². The molecule has 2 rings (SSSR count). The SMILES string of the molecule is CCCn1ccnc1CC(N)c1ncc[nH]1. The fourth-order valence-electron chi connectivity index (χ4n) is 1.75. The third-order valence-corrected chi connectivity index (χ3v) is 2.54. The molecule has 2 aromatic heterocycles. The average Bonchev–Trinajstić information content (AvgIpc) is 2.90. The molecule has 3 N–H and O–H groups in total. The lowest BCUT2D eigenvalue weighted by Crippen LogP contribution is -2.17. The van der Waals surface area contributed by atoms with Crippen LogP contribution in [0.3, 0.4) is 0 Å². The minimum Gasteiger partial charge on any atom is -0.347 e. The lowest BCUT2D eigenvalue weighted by atomic mass is 10.2. The topological polar surface area (TPSA) is 72.5 Å². The van der Waals surface area contributed by atoms with E-state index >= 15 is 0 Å². The van der Waals surface area contributed by atoms with Crippen molar-refractivity contribution in [2.75, 3.05) is 0 Å². The molecule has 0 aliphatic heterocycles.